The van der Waals surface area contributed by atoms with Crippen LogP contribution in [-0.4, -0.2) is 5.78 Å². The fourth-order valence-corrected chi connectivity index (χ4v) is 4.35. The van der Waals surface area contributed by atoms with E-state index in [1.165, 1.54) is 16.3 Å². The summed E-state index contributed by atoms with van der Waals surface area (Å²) in [5.41, 5.74) is 2.72. The average molecular weight is 326 g/mol. The van der Waals surface area contributed by atoms with Gasteiger partial charge >= 0.3 is 0 Å². The highest BCUT2D eigenvalue weighted by molar-refractivity contribution is 6.04. The first-order valence-corrected chi connectivity index (χ1v) is 8.88. The standard InChI is InChI=1S/C24H22O/c1-17(20-14-8-12-18-9-6-7-13-21(18)20)24(2)22(15-16-23(24)25)19-10-4-3-5-11-19/h3-14,22H,1,15-16H2,2H3/t22-,24-/m1/s1. The van der Waals surface area contributed by atoms with Crippen molar-refractivity contribution < 1.29 is 4.79 Å². The van der Waals surface area contributed by atoms with Crippen molar-refractivity contribution in [1.82, 2.24) is 0 Å². The maximum Gasteiger partial charge on any atom is 0.143 e. The van der Waals surface area contributed by atoms with Gasteiger partial charge in [0.15, 0.2) is 0 Å². The lowest BCUT2D eigenvalue weighted by molar-refractivity contribution is -0.122. The van der Waals surface area contributed by atoms with E-state index in [9.17, 15) is 4.79 Å². The maximum atomic E-state index is 13.0. The molecule has 1 fully saturated rings. The molecule has 4 rings (SSSR count). The Morgan fingerprint density at radius 1 is 0.960 bits per heavy atom. The number of allylic oxidation sites excluding steroid dienone is 1. The molecule has 1 saturated carbocycles. The number of fused-ring (bicyclic) bond motifs is 1. The minimum absolute atomic E-state index is 0.188. The molecule has 0 spiro atoms. The molecule has 0 N–H and O–H groups in total. The molecule has 1 aliphatic rings. The van der Waals surface area contributed by atoms with E-state index >= 15 is 0 Å². The van der Waals surface area contributed by atoms with Gasteiger partial charge in [-0.05, 0) is 40.8 Å². The fraction of sp³-hybridized carbons (Fsp3) is 0.208. The third-order valence-electron chi connectivity index (χ3n) is 5.88. The predicted molar refractivity (Wildman–Crippen MR) is 105 cm³/mol. The molecule has 1 aliphatic carbocycles. The highest BCUT2D eigenvalue weighted by Gasteiger charge is 2.48. The normalized spacial score (nSPS) is 23.1. The Morgan fingerprint density at radius 3 is 2.44 bits per heavy atom. The first-order valence-electron chi connectivity index (χ1n) is 8.88. The van der Waals surface area contributed by atoms with Crippen molar-refractivity contribution in [2.75, 3.05) is 0 Å². The minimum Gasteiger partial charge on any atom is -0.299 e. The second-order valence-electron chi connectivity index (χ2n) is 7.13. The van der Waals surface area contributed by atoms with Crippen molar-refractivity contribution in [2.24, 2.45) is 5.41 Å². The summed E-state index contributed by atoms with van der Waals surface area (Å²) in [6.45, 7) is 6.52. The van der Waals surface area contributed by atoms with Gasteiger partial charge in [0.25, 0.3) is 0 Å². The van der Waals surface area contributed by atoms with Crippen molar-refractivity contribution in [3.63, 3.8) is 0 Å². The molecule has 3 aromatic carbocycles. The van der Waals surface area contributed by atoms with Gasteiger partial charge in [-0.25, -0.2) is 0 Å². The number of rotatable bonds is 3. The van der Waals surface area contributed by atoms with Gasteiger partial charge in [-0.1, -0.05) is 79.4 Å². The zero-order valence-corrected chi connectivity index (χ0v) is 14.5. The van der Waals surface area contributed by atoms with E-state index in [0.29, 0.717) is 12.2 Å². The molecule has 1 nitrogen and oxygen atoms in total. The summed E-state index contributed by atoms with van der Waals surface area (Å²) >= 11 is 0. The van der Waals surface area contributed by atoms with E-state index in [1.807, 2.05) is 18.2 Å². The van der Waals surface area contributed by atoms with Crippen LogP contribution in [0.5, 0.6) is 0 Å². The molecule has 0 bridgehead atoms. The molecule has 0 unspecified atom stereocenters. The number of hydrogen-bond donors (Lipinski definition) is 0. The van der Waals surface area contributed by atoms with Crippen LogP contribution in [-0.2, 0) is 4.79 Å². The Morgan fingerprint density at radius 2 is 1.64 bits per heavy atom. The van der Waals surface area contributed by atoms with Crippen molar-refractivity contribution in [3.8, 4) is 0 Å². The van der Waals surface area contributed by atoms with Crippen molar-refractivity contribution >= 4 is 22.1 Å². The fourth-order valence-electron chi connectivity index (χ4n) is 4.35. The molecule has 2 atom stereocenters. The summed E-state index contributed by atoms with van der Waals surface area (Å²) in [4.78, 5) is 13.0. The first kappa shape index (κ1) is 15.8. The molecule has 1 heteroatoms. The van der Waals surface area contributed by atoms with Crippen LogP contribution in [0.25, 0.3) is 16.3 Å². The van der Waals surface area contributed by atoms with Crippen LogP contribution in [0.1, 0.15) is 36.8 Å². The van der Waals surface area contributed by atoms with Gasteiger partial charge in [0.1, 0.15) is 5.78 Å². The Hall–Kier alpha value is -2.67. The largest absolute Gasteiger partial charge is 0.299 e. The van der Waals surface area contributed by atoms with E-state index in [-0.39, 0.29) is 5.92 Å². The molecule has 0 amide bonds. The van der Waals surface area contributed by atoms with Gasteiger partial charge in [0, 0.05) is 12.3 Å². The van der Waals surface area contributed by atoms with Gasteiger partial charge in [0.05, 0.1) is 5.41 Å². The molecule has 124 valence electrons. The monoisotopic (exact) mass is 326 g/mol. The highest BCUT2D eigenvalue weighted by Crippen LogP contribution is 2.54. The van der Waals surface area contributed by atoms with Crippen LogP contribution in [0, 0.1) is 5.41 Å². The second kappa shape index (κ2) is 6.00. The molecule has 0 aromatic heterocycles. The lowest BCUT2D eigenvalue weighted by Gasteiger charge is -2.33. The average Bonchev–Trinajstić information content (AvgIpc) is 2.97. The summed E-state index contributed by atoms with van der Waals surface area (Å²) in [5, 5.41) is 2.36. The zero-order chi connectivity index (χ0) is 17.4. The van der Waals surface area contributed by atoms with Crippen molar-refractivity contribution in [2.45, 2.75) is 25.7 Å². The van der Waals surface area contributed by atoms with Crippen LogP contribution < -0.4 is 0 Å². The first-order chi connectivity index (χ1) is 12.1. The minimum atomic E-state index is -0.550. The topological polar surface area (TPSA) is 17.1 Å². The Labute approximate surface area is 149 Å². The molecule has 0 heterocycles. The van der Waals surface area contributed by atoms with Crippen molar-refractivity contribution in [1.29, 1.82) is 0 Å². The number of carbonyl (C=O) groups excluding carboxylic acids is 1. The summed E-state index contributed by atoms with van der Waals surface area (Å²) in [6.07, 6.45) is 1.52. The summed E-state index contributed by atoms with van der Waals surface area (Å²) < 4.78 is 0. The Kier molecular flexibility index (Phi) is 3.80. The number of Topliss-reactive ketones (excluding diaryl/α,β-unsaturated/α-hetero) is 1. The lowest BCUT2D eigenvalue weighted by atomic mass is 9.68. The number of ketones is 1. The smallest absolute Gasteiger partial charge is 0.143 e. The second-order valence-corrected chi connectivity index (χ2v) is 7.13. The van der Waals surface area contributed by atoms with Gasteiger partial charge in [-0.3, -0.25) is 4.79 Å². The van der Waals surface area contributed by atoms with Crippen molar-refractivity contribution in [3.05, 3.63) is 90.5 Å². The summed E-state index contributed by atoms with van der Waals surface area (Å²) in [5.74, 6) is 0.493. The van der Waals surface area contributed by atoms with Gasteiger partial charge in [-0.2, -0.15) is 0 Å². The molecule has 0 radical (unpaired) electrons. The Balaban J connectivity index is 1.85. The molecule has 25 heavy (non-hydrogen) atoms. The van der Waals surface area contributed by atoms with E-state index in [4.69, 9.17) is 0 Å². The number of hydrogen-bond acceptors (Lipinski definition) is 1. The zero-order valence-electron chi connectivity index (χ0n) is 14.5. The van der Waals surface area contributed by atoms with Gasteiger partial charge < -0.3 is 0 Å². The highest BCUT2D eigenvalue weighted by atomic mass is 16.1. The van der Waals surface area contributed by atoms with Gasteiger partial charge in [0.2, 0.25) is 0 Å². The summed E-state index contributed by atoms with van der Waals surface area (Å²) in [6, 6.07) is 25.0. The van der Waals surface area contributed by atoms with Crippen LogP contribution in [0.2, 0.25) is 0 Å². The molecular formula is C24H22O. The predicted octanol–water partition coefficient (Wildman–Crippen LogP) is 6.01. The molecule has 0 aliphatic heterocycles. The SMILES string of the molecule is C=C(c1cccc2ccccc12)[C@@]1(C)C(=O)CC[C@@H]1c1ccccc1. The van der Waals surface area contributed by atoms with Crippen LogP contribution in [0.4, 0.5) is 0 Å². The Bertz CT molecular complexity index is 949. The quantitative estimate of drug-likeness (QED) is 0.576. The van der Waals surface area contributed by atoms with Crippen LogP contribution in [0.3, 0.4) is 0 Å². The lowest BCUT2D eigenvalue weighted by Crippen LogP contribution is -2.29. The van der Waals surface area contributed by atoms with E-state index in [1.54, 1.807) is 0 Å². The number of carbonyl (C=O) groups is 1. The third kappa shape index (κ3) is 2.42. The number of benzene rings is 3. The molecule has 3 aromatic rings. The van der Waals surface area contributed by atoms with E-state index in [0.717, 1.165) is 17.6 Å². The van der Waals surface area contributed by atoms with E-state index in [2.05, 4.69) is 68.1 Å². The third-order valence-corrected chi connectivity index (χ3v) is 5.88. The van der Waals surface area contributed by atoms with E-state index < -0.39 is 5.41 Å². The van der Waals surface area contributed by atoms with Crippen LogP contribution in [0.15, 0.2) is 79.4 Å². The molecule has 0 saturated heterocycles. The maximum absolute atomic E-state index is 13.0. The summed E-state index contributed by atoms with van der Waals surface area (Å²) in [7, 11) is 0. The van der Waals surface area contributed by atoms with Gasteiger partial charge in [-0.15, -0.1) is 0 Å². The van der Waals surface area contributed by atoms with Crippen LogP contribution >= 0.6 is 0 Å². The molecular weight excluding hydrogens is 304 g/mol.